The molecule has 0 spiro atoms. The molecule has 1 aromatic carbocycles. The Kier molecular flexibility index (Phi) is 4.27. The molecule has 0 unspecified atom stereocenters. The van der Waals surface area contributed by atoms with Gasteiger partial charge in [-0.25, -0.2) is 0 Å². The second-order valence-corrected chi connectivity index (χ2v) is 3.69. The van der Waals surface area contributed by atoms with Crippen molar-refractivity contribution in [2.24, 2.45) is 5.73 Å². The minimum atomic E-state index is -0.0134. The van der Waals surface area contributed by atoms with Crippen LogP contribution < -0.4 is 11.1 Å². The number of rotatable bonds is 4. The van der Waals surface area contributed by atoms with E-state index in [0.29, 0.717) is 13.1 Å². The molecule has 82 valence electrons. The summed E-state index contributed by atoms with van der Waals surface area (Å²) in [4.78, 5) is 13.2. The number of benzene rings is 1. The molecule has 0 aliphatic carbocycles. The zero-order valence-electron chi connectivity index (χ0n) is 9.16. The minimum absolute atomic E-state index is 0.0134. The molecule has 1 aromatic rings. The topological polar surface area (TPSA) is 58.4 Å². The van der Waals surface area contributed by atoms with Crippen molar-refractivity contribution in [1.82, 2.24) is 4.90 Å². The molecule has 4 heteroatoms. The van der Waals surface area contributed by atoms with E-state index in [9.17, 15) is 4.79 Å². The summed E-state index contributed by atoms with van der Waals surface area (Å²) >= 11 is 0. The quantitative estimate of drug-likeness (QED) is 0.762. The first-order chi connectivity index (χ1) is 7.11. The predicted molar refractivity (Wildman–Crippen MR) is 61.5 cm³/mol. The molecule has 15 heavy (non-hydrogen) atoms. The van der Waals surface area contributed by atoms with Crippen LogP contribution in [0.3, 0.4) is 0 Å². The number of anilines is 1. The van der Waals surface area contributed by atoms with Gasteiger partial charge in [-0.2, -0.15) is 0 Å². The molecule has 0 bridgehead atoms. The normalized spacial score (nSPS) is 10.4. The highest BCUT2D eigenvalue weighted by atomic mass is 16.2. The fourth-order valence-corrected chi connectivity index (χ4v) is 1.21. The summed E-state index contributed by atoms with van der Waals surface area (Å²) in [5.74, 6) is -0.0134. The van der Waals surface area contributed by atoms with Crippen LogP contribution in [0.4, 0.5) is 5.69 Å². The minimum Gasteiger partial charge on any atom is -0.326 e. The number of nitrogens with one attached hydrogen (secondary N) is 1. The second-order valence-electron chi connectivity index (χ2n) is 3.69. The van der Waals surface area contributed by atoms with Crippen LogP contribution in [-0.2, 0) is 11.3 Å². The molecule has 0 radical (unpaired) electrons. The molecule has 1 amide bonds. The summed E-state index contributed by atoms with van der Waals surface area (Å²) in [6.45, 7) is 0.907. The molecule has 0 heterocycles. The summed E-state index contributed by atoms with van der Waals surface area (Å²) < 4.78 is 0. The monoisotopic (exact) mass is 207 g/mol. The van der Waals surface area contributed by atoms with Crippen LogP contribution in [-0.4, -0.2) is 31.4 Å². The summed E-state index contributed by atoms with van der Waals surface area (Å²) in [5.41, 5.74) is 7.33. The van der Waals surface area contributed by atoms with Gasteiger partial charge in [0, 0.05) is 12.2 Å². The second kappa shape index (κ2) is 5.48. The Morgan fingerprint density at radius 3 is 2.40 bits per heavy atom. The number of hydrogen-bond acceptors (Lipinski definition) is 3. The lowest BCUT2D eigenvalue weighted by Crippen LogP contribution is -2.27. The molecule has 4 nitrogen and oxygen atoms in total. The van der Waals surface area contributed by atoms with Crippen molar-refractivity contribution in [1.29, 1.82) is 0 Å². The SMILES string of the molecule is CN(C)CC(=O)Nc1ccc(CN)cc1. The standard InChI is InChI=1S/C11H17N3O/c1-14(2)8-11(15)13-10-5-3-9(7-12)4-6-10/h3-6H,7-8,12H2,1-2H3,(H,13,15). The molecule has 1 rings (SSSR count). The summed E-state index contributed by atoms with van der Waals surface area (Å²) in [6, 6.07) is 7.53. The van der Waals surface area contributed by atoms with Gasteiger partial charge in [0.25, 0.3) is 0 Å². The molecular formula is C11H17N3O. The number of likely N-dealkylation sites (N-methyl/N-ethyl adjacent to an activating group) is 1. The number of carbonyl (C=O) groups is 1. The van der Waals surface area contributed by atoms with Gasteiger partial charge in [-0.15, -0.1) is 0 Å². The number of amides is 1. The van der Waals surface area contributed by atoms with Gasteiger partial charge in [0.1, 0.15) is 0 Å². The number of hydrogen-bond donors (Lipinski definition) is 2. The van der Waals surface area contributed by atoms with Gasteiger partial charge in [0.2, 0.25) is 5.91 Å². The van der Waals surface area contributed by atoms with E-state index in [1.54, 1.807) is 0 Å². The van der Waals surface area contributed by atoms with Crippen LogP contribution in [0.2, 0.25) is 0 Å². The van der Waals surface area contributed by atoms with Crippen molar-refractivity contribution in [3.63, 3.8) is 0 Å². The summed E-state index contributed by atoms with van der Waals surface area (Å²) in [6.07, 6.45) is 0. The van der Waals surface area contributed by atoms with Gasteiger partial charge in [-0.1, -0.05) is 12.1 Å². The maximum atomic E-state index is 11.4. The molecule has 0 aliphatic rings. The molecular weight excluding hydrogens is 190 g/mol. The van der Waals surface area contributed by atoms with Crippen LogP contribution in [0.5, 0.6) is 0 Å². The maximum absolute atomic E-state index is 11.4. The van der Waals surface area contributed by atoms with E-state index in [2.05, 4.69) is 5.32 Å². The van der Waals surface area contributed by atoms with Gasteiger partial charge in [-0.05, 0) is 31.8 Å². The molecule has 0 aliphatic heterocycles. The zero-order valence-corrected chi connectivity index (χ0v) is 9.16. The lowest BCUT2D eigenvalue weighted by Gasteiger charge is -2.10. The Morgan fingerprint density at radius 2 is 1.93 bits per heavy atom. The Bertz CT molecular complexity index is 319. The third kappa shape index (κ3) is 4.10. The first-order valence-corrected chi connectivity index (χ1v) is 4.85. The molecule has 0 fully saturated rings. The van der Waals surface area contributed by atoms with Crippen molar-refractivity contribution in [3.05, 3.63) is 29.8 Å². The number of nitrogens with zero attached hydrogens (tertiary/aromatic N) is 1. The van der Waals surface area contributed by atoms with Gasteiger partial charge < -0.3 is 16.0 Å². The highest BCUT2D eigenvalue weighted by Gasteiger charge is 2.02. The summed E-state index contributed by atoms with van der Waals surface area (Å²) in [5, 5.41) is 2.80. The zero-order chi connectivity index (χ0) is 11.3. The first kappa shape index (κ1) is 11.7. The molecule has 0 saturated carbocycles. The smallest absolute Gasteiger partial charge is 0.238 e. The number of carbonyl (C=O) groups excluding carboxylic acids is 1. The van der Waals surface area contributed by atoms with Crippen LogP contribution in [0.15, 0.2) is 24.3 Å². The van der Waals surface area contributed by atoms with E-state index in [1.165, 1.54) is 0 Å². The highest BCUT2D eigenvalue weighted by molar-refractivity contribution is 5.92. The fourth-order valence-electron chi connectivity index (χ4n) is 1.21. The highest BCUT2D eigenvalue weighted by Crippen LogP contribution is 2.08. The summed E-state index contributed by atoms with van der Waals surface area (Å²) in [7, 11) is 3.72. The molecule has 3 N–H and O–H groups in total. The van der Waals surface area contributed by atoms with Crippen LogP contribution in [0, 0.1) is 0 Å². The third-order valence-electron chi connectivity index (χ3n) is 1.93. The van der Waals surface area contributed by atoms with Crippen LogP contribution >= 0.6 is 0 Å². The molecule has 0 atom stereocenters. The van der Waals surface area contributed by atoms with E-state index in [0.717, 1.165) is 11.3 Å². The maximum Gasteiger partial charge on any atom is 0.238 e. The van der Waals surface area contributed by atoms with E-state index in [1.807, 2.05) is 43.3 Å². The fraction of sp³-hybridized carbons (Fsp3) is 0.364. The predicted octanol–water partition coefficient (Wildman–Crippen LogP) is 0.645. The Balaban J connectivity index is 2.53. The lowest BCUT2D eigenvalue weighted by atomic mass is 10.2. The third-order valence-corrected chi connectivity index (χ3v) is 1.93. The lowest BCUT2D eigenvalue weighted by molar-refractivity contribution is -0.116. The van der Waals surface area contributed by atoms with Crippen molar-refractivity contribution in [3.8, 4) is 0 Å². The Morgan fingerprint density at radius 1 is 1.33 bits per heavy atom. The average Bonchev–Trinajstić information content (AvgIpc) is 2.17. The van der Waals surface area contributed by atoms with Gasteiger partial charge in [0.05, 0.1) is 6.54 Å². The van der Waals surface area contributed by atoms with Crippen LogP contribution in [0.1, 0.15) is 5.56 Å². The van der Waals surface area contributed by atoms with Crippen molar-refractivity contribution in [2.75, 3.05) is 26.0 Å². The molecule has 0 aromatic heterocycles. The molecule has 0 saturated heterocycles. The average molecular weight is 207 g/mol. The largest absolute Gasteiger partial charge is 0.326 e. The van der Waals surface area contributed by atoms with E-state index in [-0.39, 0.29) is 5.91 Å². The first-order valence-electron chi connectivity index (χ1n) is 4.85. The van der Waals surface area contributed by atoms with Crippen molar-refractivity contribution >= 4 is 11.6 Å². The Labute approximate surface area is 90.1 Å². The van der Waals surface area contributed by atoms with Gasteiger partial charge in [-0.3, -0.25) is 4.79 Å². The van der Waals surface area contributed by atoms with Crippen LogP contribution in [0.25, 0.3) is 0 Å². The van der Waals surface area contributed by atoms with Gasteiger partial charge in [0.15, 0.2) is 0 Å². The van der Waals surface area contributed by atoms with Crippen molar-refractivity contribution in [2.45, 2.75) is 6.54 Å². The van der Waals surface area contributed by atoms with E-state index < -0.39 is 0 Å². The van der Waals surface area contributed by atoms with E-state index >= 15 is 0 Å². The number of nitrogens with two attached hydrogens (primary N) is 1. The van der Waals surface area contributed by atoms with Crippen molar-refractivity contribution < 1.29 is 4.79 Å². The van der Waals surface area contributed by atoms with Gasteiger partial charge >= 0.3 is 0 Å². The van der Waals surface area contributed by atoms with E-state index in [4.69, 9.17) is 5.73 Å². The Hall–Kier alpha value is -1.39.